The van der Waals surface area contributed by atoms with Crippen molar-refractivity contribution < 1.29 is 4.79 Å². The topological polar surface area (TPSA) is 75.9 Å². The Balaban J connectivity index is 2.22. The highest BCUT2D eigenvalue weighted by Crippen LogP contribution is 2.17. The predicted octanol–water partition coefficient (Wildman–Crippen LogP) is 0.443. The number of benzene rings is 1. The van der Waals surface area contributed by atoms with Crippen molar-refractivity contribution in [2.45, 2.75) is 19.4 Å². The molecule has 0 aliphatic carbocycles. The predicted molar refractivity (Wildman–Crippen MR) is 83.3 cm³/mol. The third kappa shape index (κ3) is 3.88. The summed E-state index contributed by atoms with van der Waals surface area (Å²) < 4.78 is 1.60. The summed E-state index contributed by atoms with van der Waals surface area (Å²) >= 11 is 0. The third-order valence-corrected chi connectivity index (χ3v) is 3.58. The molecule has 118 valence electrons. The van der Waals surface area contributed by atoms with Gasteiger partial charge in [0.15, 0.2) is 0 Å². The van der Waals surface area contributed by atoms with Crippen LogP contribution in [0.15, 0.2) is 30.3 Å². The van der Waals surface area contributed by atoms with E-state index in [0.29, 0.717) is 18.8 Å². The van der Waals surface area contributed by atoms with Crippen LogP contribution in [0.3, 0.4) is 0 Å². The van der Waals surface area contributed by atoms with Gasteiger partial charge in [0.25, 0.3) is 0 Å². The molecule has 1 N–H and O–H groups in total. The highest BCUT2D eigenvalue weighted by molar-refractivity contribution is 5.80. The smallest absolute Gasteiger partial charge is 0.247 e. The van der Waals surface area contributed by atoms with Crippen LogP contribution >= 0.6 is 0 Å². The molecule has 0 aliphatic rings. The molecule has 1 unspecified atom stereocenters. The summed E-state index contributed by atoms with van der Waals surface area (Å²) in [6, 6.07) is 9.48. The SMILES string of the molecule is CNCCN(C)C(=O)C(Cc1ccccc1)n1nnnc1C. The molecule has 0 radical (unpaired) electrons. The van der Waals surface area contributed by atoms with Crippen molar-refractivity contribution in [1.82, 2.24) is 30.4 Å². The van der Waals surface area contributed by atoms with Crippen molar-refractivity contribution in [1.29, 1.82) is 0 Å². The zero-order valence-corrected chi connectivity index (χ0v) is 13.2. The Morgan fingerprint density at radius 2 is 2.09 bits per heavy atom. The van der Waals surface area contributed by atoms with Crippen LogP contribution in [-0.2, 0) is 11.2 Å². The molecule has 0 saturated heterocycles. The standard InChI is InChI=1S/C15H22N6O/c1-12-17-18-19-21(12)14(11-13-7-5-4-6-8-13)15(22)20(3)10-9-16-2/h4-8,14,16H,9-11H2,1-3H3. The summed E-state index contributed by atoms with van der Waals surface area (Å²) in [5.74, 6) is 0.644. The molecule has 1 heterocycles. The number of aromatic nitrogens is 4. The Labute approximate surface area is 130 Å². The molecule has 7 heteroatoms. The molecule has 2 aromatic rings. The lowest BCUT2D eigenvalue weighted by Gasteiger charge is -2.24. The van der Waals surface area contributed by atoms with Gasteiger partial charge in [-0.25, -0.2) is 4.68 Å². The van der Waals surface area contributed by atoms with Crippen LogP contribution in [0.2, 0.25) is 0 Å². The van der Waals surface area contributed by atoms with E-state index in [4.69, 9.17) is 0 Å². The zero-order valence-electron chi connectivity index (χ0n) is 13.2. The van der Waals surface area contributed by atoms with Gasteiger partial charge in [0.1, 0.15) is 11.9 Å². The molecule has 1 amide bonds. The summed E-state index contributed by atoms with van der Waals surface area (Å²) in [5.41, 5.74) is 1.08. The minimum Gasteiger partial charge on any atom is -0.343 e. The molecule has 7 nitrogen and oxygen atoms in total. The van der Waals surface area contributed by atoms with Gasteiger partial charge in [-0.2, -0.15) is 0 Å². The van der Waals surface area contributed by atoms with Crippen molar-refractivity contribution in [2.75, 3.05) is 27.2 Å². The van der Waals surface area contributed by atoms with Gasteiger partial charge < -0.3 is 10.2 Å². The van der Waals surface area contributed by atoms with Gasteiger partial charge in [-0.3, -0.25) is 4.79 Å². The number of likely N-dealkylation sites (N-methyl/N-ethyl adjacent to an activating group) is 2. The second-order valence-corrected chi connectivity index (χ2v) is 5.24. The van der Waals surface area contributed by atoms with Crippen LogP contribution in [0.25, 0.3) is 0 Å². The molecule has 0 saturated carbocycles. The summed E-state index contributed by atoms with van der Waals surface area (Å²) in [6.45, 7) is 3.19. The molecule has 22 heavy (non-hydrogen) atoms. The third-order valence-electron chi connectivity index (χ3n) is 3.58. The van der Waals surface area contributed by atoms with Crippen LogP contribution in [0.1, 0.15) is 17.4 Å². The van der Waals surface area contributed by atoms with E-state index >= 15 is 0 Å². The van der Waals surface area contributed by atoms with Crippen LogP contribution in [0.5, 0.6) is 0 Å². The average molecular weight is 302 g/mol. The lowest BCUT2D eigenvalue weighted by molar-refractivity contribution is -0.133. The zero-order chi connectivity index (χ0) is 15.9. The van der Waals surface area contributed by atoms with Gasteiger partial charge in [-0.1, -0.05) is 30.3 Å². The maximum absolute atomic E-state index is 12.8. The minimum absolute atomic E-state index is 0.00880. The van der Waals surface area contributed by atoms with Crippen molar-refractivity contribution in [3.8, 4) is 0 Å². The monoisotopic (exact) mass is 302 g/mol. The normalized spacial score (nSPS) is 12.1. The van der Waals surface area contributed by atoms with Crippen molar-refractivity contribution in [3.05, 3.63) is 41.7 Å². The number of nitrogens with zero attached hydrogens (tertiary/aromatic N) is 5. The highest BCUT2D eigenvalue weighted by atomic mass is 16.2. The largest absolute Gasteiger partial charge is 0.343 e. The van der Waals surface area contributed by atoms with Crippen molar-refractivity contribution >= 4 is 5.91 Å². The van der Waals surface area contributed by atoms with E-state index in [-0.39, 0.29) is 5.91 Å². The number of hydrogen-bond acceptors (Lipinski definition) is 5. The Hall–Kier alpha value is -2.28. The van der Waals surface area contributed by atoms with Gasteiger partial charge in [0.2, 0.25) is 5.91 Å². The lowest BCUT2D eigenvalue weighted by atomic mass is 10.0. The van der Waals surface area contributed by atoms with E-state index in [1.165, 1.54) is 0 Å². The quantitative estimate of drug-likeness (QED) is 0.803. The van der Waals surface area contributed by atoms with Gasteiger partial charge in [-0.05, 0) is 30.0 Å². The maximum atomic E-state index is 12.8. The van der Waals surface area contributed by atoms with Crippen molar-refractivity contribution in [3.63, 3.8) is 0 Å². The molecule has 1 aromatic heterocycles. The first-order valence-electron chi connectivity index (χ1n) is 7.31. The number of nitrogens with one attached hydrogen (secondary N) is 1. The molecule has 0 spiro atoms. The van der Waals surface area contributed by atoms with Gasteiger partial charge in [-0.15, -0.1) is 5.10 Å². The van der Waals surface area contributed by atoms with Gasteiger partial charge in [0.05, 0.1) is 0 Å². The molecule has 1 atom stereocenters. The number of amides is 1. The Morgan fingerprint density at radius 3 is 2.68 bits per heavy atom. The second-order valence-electron chi connectivity index (χ2n) is 5.24. The number of carbonyl (C=O) groups is 1. The fourth-order valence-electron chi connectivity index (χ4n) is 2.29. The Morgan fingerprint density at radius 1 is 1.36 bits per heavy atom. The van der Waals surface area contributed by atoms with E-state index < -0.39 is 6.04 Å². The summed E-state index contributed by atoms with van der Waals surface area (Å²) in [4.78, 5) is 14.5. The molecule has 2 rings (SSSR count). The molecule has 1 aromatic carbocycles. The number of carbonyl (C=O) groups excluding carboxylic acids is 1. The van der Waals surface area contributed by atoms with E-state index in [9.17, 15) is 4.79 Å². The first-order chi connectivity index (χ1) is 10.6. The second kappa shape index (κ2) is 7.65. The van der Waals surface area contributed by atoms with Crippen LogP contribution in [0.4, 0.5) is 0 Å². The number of aryl methyl sites for hydroxylation is 1. The Kier molecular flexibility index (Phi) is 5.60. The molecular weight excluding hydrogens is 280 g/mol. The van der Waals surface area contributed by atoms with Crippen molar-refractivity contribution in [2.24, 2.45) is 0 Å². The molecule has 0 bridgehead atoms. The van der Waals surface area contributed by atoms with E-state index in [1.807, 2.05) is 37.4 Å². The summed E-state index contributed by atoms with van der Waals surface area (Å²) in [7, 11) is 3.67. The first kappa shape index (κ1) is 16.1. The molecular formula is C15H22N6O. The minimum atomic E-state index is -0.431. The first-order valence-corrected chi connectivity index (χ1v) is 7.31. The summed E-state index contributed by atoms with van der Waals surface area (Å²) in [6.07, 6.45) is 0.565. The van der Waals surface area contributed by atoms with E-state index in [0.717, 1.165) is 12.1 Å². The summed E-state index contributed by atoms with van der Waals surface area (Å²) in [5, 5.41) is 14.6. The van der Waals surface area contributed by atoms with Gasteiger partial charge >= 0.3 is 0 Å². The van der Waals surface area contributed by atoms with Crippen LogP contribution in [0, 0.1) is 6.92 Å². The lowest BCUT2D eigenvalue weighted by Crippen LogP contribution is -2.39. The highest BCUT2D eigenvalue weighted by Gasteiger charge is 2.26. The average Bonchev–Trinajstić information content (AvgIpc) is 2.96. The maximum Gasteiger partial charge on any atom is 0.247 e. The van der Waals surface area contributed by atoms with E-state index in [1.54, 1.807) is 23.6 Å². The number of tetrazole rings is 1. The molecule has 0 fully saturated rings. The fraction of sp³-hybridized carbons (Fsp3) is 0.467. The van der Waals surface area contributed by atoms with Gasteiger partial charge in [0, 0.05) is 26.6 Å². The number of hydrogen-bond donors (Lipinski definition) is 1. The van der Waals surface area contributed by atoms with Crippen LogP contribution in [-0.4, -0.2) is 58.2 Å². The number of rotatable bonds is 7. The molecule has 0 aliphatic heterocycles. The fourth-order valence-corrected chi connectivity index (χ4v) is 2.29. The van der Waals surface area contributed by atoms with Crippen LogP contribution < -0.4 is 5.32 Å². The van der Waals surface area contributed by atoms with E-state index in [2.05, 4.69) is 20.8 Å². The Bertz CT molecular complexity index is 597.